The number of ether oxygens (including phenoxy) is 3. The van der Waals surface area contributed by atoms with Crippen LogP contribution in [0.1, 0.15) is 65.7 Å². The maximum absolute atomic E-state index is 15.0. The number of aromatic nitrogens is 1. The lowest BCUT2D eigenvalue weighted by atomic mass is 9.80. The molecule has 2 amide bonds. The minimum Gasteiger partial charge on any atom is -0.491 e. The smallest absolute Gasteiger partial charge is 0.425 e. The SMILES string of the molecule is O=C(O)CCCOc1ccccc1N1CCN(C(=O)C2(Oc3csc(C(F)(F)F)c3)CCCN3C(=O)c4c(C(F)(F)F)ccnc4OCCCC=CCC32)CC1. The summed E-state index contributed by atoms with van der Waals surface area (Å²) in [5.74, 6) is -2.89. The van der Waals surface area contributed by atoms with Crippen molar-refractivity contribution < 1.29 is 60.0 Å². The zero-order chi connectivity index (χ0) is 40.1. The van der Waals surface area contributed by atoms with Crippen LogP contribution in [0.15, 0.2) is 60.1 Å². The predicted molar refractivity (Wildman–Crippen MR) is 192 cm³/mol. The molecule has 302 valence electrons. The Balaban J connectivity index is 1.35. The van der Waals surface area contributed by atoms with Crippen molar-refractivity contribution >= 4 is 34.8 Å². The highest BCUT2D eigenvalue weighted by Gasteiger charge is 2.56. The third kappa shape index (κ3) is 9.00. The normalized spacial score (nSPS) is 20.9. The zero-order valence-electron chi connectivity index (χ0n) is 30.1. The van der Waals surface area contributed by atoms with E-state index >= 15 is 4.79 Å². The number of fused-ring (bicyclic) bond motifs is 2. The van der Waals surface area contributed by atoms with Crippen molar-refractivity contribution in [2.45, 2.75) is 68.9 Å². The number of aliphatic carboxylic acids is 1. The van der Waals surface area contributed by atoms with Crippen LogP contribution in [0.25, 0.3) is 0 Å². The third-order valence-electron chi connectivity index (χ3n) is 9.92. The van der Waals surface area contributed by atoms with Crippen LogP contribution in [0.4, 0.5) is 32.0 Å². The van der Waals surface area contributed by atoms with Gasteiger partial charge in [0.05, 0.1) is 30.5 Å². The monoisotopic (exact) mass is 810 g/mol. The molecule has 3 aliphatic heterocycles. The summed E-state index contributed by atoms with van der Waals surface area (Å²) >= 11 is 0.376. The van der Waals surface area contributed by atoms with Gasteiger partial charge in [0.2, 0.25) is 11.5 Å². The van der Waals surface area contributed by atoms with Gasteiger partial charge in [-0.25, -0.2) is 4.98 Å². The molecule has 2 aromatic heterocycles. The first-order chi connectivity index (χ1) is 26.7. The number of hydrogen-bond acceptors (Lipinski definition) is 9. The molecule has 3 aliphatic rings. The van der Waals surface area contributed by atoms with Crippen LogP contribution in [0.3, 0.4) is 0 Å². The lowest BCUT2D eigenvalue weighted by Gasteiger charge is -2.50. The quantitative estimate of drug-likeness (QED) is 0.135. The van der Waals surface area contributed by atoms with Gasteiger partial charge in [-0.15, -0.1) is 11.3 Å². The number of hydrogen-bond donors (Lipinski definition) is 1. The number of alkyl halides is 6. The number of carbonyl (C=O) groups is 3. The molecule has 2 saturated heterocycles. The number of nitrogens with zero attached hydrogens (tertiary/aromatic N) is 4. The molecule has 5 heterocycles. The number of carbonyl (C=O) groups excluding carboxylic acids is 2. The van der Waals surface area contributed by atoms with Gasteiger partial charge in [-0.05, 0) is 50.3 Å². The number of pyridine rings is 1. The summed E-state index contributed by atoms with van der Waals surface area (Å²) in [7, 11) is 0. The average Bonchev–Trinajstić information content (AvgIpc) is 3.64. The van der Waals surface area contributed by atoms with Crippen LogP contribution < -0.4 is 19.1 Å². The topological polar surface area (TPSA) is 122 Å². The van der Waals surface area contributed by atoms with E-state index in [1.54, 1.807) is 24.3 Å². The molecule has 3 aromatic rings. The zero-order valence-corrected chi connectivity index (χ0v) is 30.9. The fourth-order valence-corrected chi connectivity index (χ4v) is 7.98. The number of halogens is 6. The largest absolute Gasteiger partial charge is 0.491 e. The summed E-state index contributed by atoms with van der Waals surface area (Å²) in [6.45, 7) is 0.937. The summed E-state index contributed by atoms with van der Waals surface area (Å²) < 4.78 is 103. The Labute approximate surface area is 322 Å². The van der Waals surface area contributed by atoms with Crippen molar-refractivity contribution in [2.24, 2.45) is 0 Å². The molecule has 2 fully saturated rings. The number of benzene rings is 1. The molecule has 6 rings (SSSR count). The van der Waals surface area contributed by atoms with Crippen LogP contribution >= 0.6 is 11.3 Å². The summed E-state index contributed by atoms with van der Waals surface area (Å²) in [6.07, 6.45) is -4.20. The molecule has 11 nitrogen and oxygen atoms in total. The van der Waals surface area contributed by atoms with Crippen molar-refractivity contribution in [2.75, 3.05) is 50.8 Å². The third-order valence-corrected chi connectivity index (χ3v) is 10.9. The highest BCUT2D eigenvalue weighted by Crippen LogP contribution is 2.44. The number of anilines is 1. The van der Waals surface area contributed by atoms with Crippen LogP contribution in [0, 0.1) is 0 Å². The van der Waals surface area contributed by atoms with Crippen molar-refractivity contribution in [3.8, 4) is 17.4 Å². The van der Waals surface area contributed by atoms with Gasteiger partial charge in [0.25, 0.3) is 11.8 Å². The maximum Gasteiger partial charge on any atom is 0.425 e. The van der Waals surface area contributed by atoms with Gasteiger partial charge >= 0.3 is 18.3 Å². The van der Waals surface area contributed by atoms with Gasteiger partial charge in [-0.2, -0.15) is 26.3 Å². The molecular formula is C38H40F6N4O7S. The number of thiophene rings is 1. The number of rotatable bonds is 9. The Morgan fingerprint density at radius 1 is 1.00 bits per heavy atom. The number of amides is 2. The van der Waals surface area contributed by atoms with Gasteiger partial charge < -0.3 is 34.0 Å². The van der Waals surface area contributed by atoms with E-state index in [0.29, 0.717) is 61.2 Å². The van der Waals surface area contributed by atoms with Crippen LogP contribution in [0.2, 0.25) is 0 Å². The Hall–Kier alpha value is -5.00. The van der Waals surface area contributed by atoms with E-state index in [1.165, 1.54) is 4.90 Å². The lowest BCUT2D eigenvalue weighted by Crippen LogP contribution is -2.69. The Morgan fingerprint density at radius 3 is 2.48 bits per heavy atom. The van der Waals surface area contributed by atoms with E-state index in [4.69, 9.17) is 19.3 Å². The number of carboxylic acids is 1. The molecular weight excluding hydrogens is 770 g/mol. The number of para-hydroxylation sites is 2. The van der Waals surface area contributed by atoms with Crippen molar-refractivity contribution in [1.82, 2.24) is 14.8 Å². The summed E-state index contributed by atoms with van der Waals surface area (Å²) in [5, 5.41) is 10.1. The minimum atomic E-state index is -4.97. The second-order valence-electron chi connectivity index (χ2n) is 13.6. The lowest BCUT2D eigenvalue weighted by molar-refractivity contribution is -0.159. The van der Waals surface area contributed by atoms with E-state index < -0.39 is 63.7 Å². The van der Waals surface area contributed by atoms with Crippen LogP contribution in [-0.2, 0) is 21.9 Å². The van der Waals surface area contributed by atoms with E-state index in [1.807, 2.05) is 17.0 Å². The number of piperidine rings is 1. The molecule has 18 heteroatoms. The van der Waals surface area contributed by atoms with Gasteiger partial charge in [0.1, 0.15) is 21.9 Å². The van der Waals surface area contributed by atoms with Gasteiger partial charge in [0.15, 0.2) is 0 Å². The molecule has 0 spiro atoms. The fraction of sp³-hybridized carbons (Fsp3) is 0.474. The predicted octanol–water partition coefficient (Wildman–Crippen LogP) is 7.31. The van der Waals surface area contributed by atoms with Crippen molar-refractivity contribution in [1.29, 1.82) is 0 Å². The molecule has 0 saturated carbocycles. The van der Waals surface area contributed by atoms with Gasteiger partial charge in [-0.1, -0.05) is 24.3 Å². The summed E-state index contributed by atoms with van der Waals surface area (Å²) in [6, 6.07) is 7.39. The van der Waals surface area contributed by atoms with E-state index in [2.05, 4.69) is 4.98 Å². The molecule has 1 aromatic carbocycles. The van der Waals surface area contributed by atoms with E-state index in [-0.39, 0.29) is 64.3 Å². The number of piperazine rings is 1. The molecule has 0 aliphatic carbocycles. The molecule has 0 bridgehead atoms. The second-order valence-corrected chi connectivity index (χ2v) is 14.5. The van der Waals surface area contributed by atoms with Crippen LogP contribution in [0.5, 0.6) is 17.4 Å². The first-order valence-corrected chi connectivity index (χ1v) is 19.0. The van der Waals surface area contributed by atoms with Gasteiger partial charge in [0, 0.05) is 63.2 Å². The molecule has 2 atom stereocenters. The Bertz CT molecular complexity index is 1910. The first-order valence-electron chi connectivity index (χ1n) is 18.2. The maximum atomic E-state index is 15.0. The number of carboxylic acid groups (broad SMARTS) is 1. The fourth-order valence-electron chi connectivity index (χ4n) is 7.31. The molecule has 2 unspecified atom stereocenters. The minimum absolute atomic E-state index is 0.0130. The highest BCUT2D eigenvalue weighted by atomic mass is 32.1. The van der Waals surface area contributed by atoms with Crippen molar-refractivity contribution in [3.63, 3.8) is 0 Å². The highest BCUT2D eigenvalue weighted by molar-refractivity contribution is 7.10. The molecule has 1 N–H and O–H groups in total. The number of allylic oxidation sites excluding steroid dienone is 1. The Morgan fingerprint density at radius 2 is 1.77 bits per heavy atom. The second kappa shape index (κ2) is 17.0. The standard InChI is InChI=1S/C38H40F6N4O7S/c39-37(40,41)26-13-15-45-33-32(26)34(51)48-16-8-14-36(29(48)11-3-1-2-6-21-54-33,55-25-23-30(56-24-25)38(42,43)44)35(52)47-19-17-46(18-20-47)27-9-4-5-10-28(27)53-22-7-12-31(49)50/h1,3-5,9-10,13,15,23-24,29H,2,6-8,11-12,14,16-22H2,(H,49,50). The average molecular weight is 811 g/mol. The molecule has 0 radical (unpaired) electrons. The Kier molecular flexibility index (Phi) is 12.4. The first kappa shape index (κ1) is 40.7. The van der Waals surface area contributed by atoms with Crippen LogP contribution in [-0.4, -0.2) is 95.3 Å². The van der Waals surface area contributed by atoms with Crippen molar-refractivity contribution in [3.05, 3.63) is 76.1 Å². The summed E-state index contributed by atoms with van der Waals surface area (Å²) in [4.78, 5) is 48.1. The summed E-state index contributed by atoms with van der Waals surface area (Å²) in [5.41, 5.74) is -3.36. The van der Waals surface area contributed by atoms with E-state index in [0.717, 1.165) is 22.5 Å². The molecule has 56 heavy (non-hydrogen) atoms. The van der Waals surface area contributed by atoms with Gasteiger partial charge in [-0.3, -0.25) is 14.4 Å². The van der Waals surface area contributed by atoms with E-state index in [9.17, 15) is 35.9 Å².